The SMILES string of the molecule is COc1ccc(N2C[C@H](C(=O)N3CC[C@H](C(=O)O)C3)CC2=O)cc1OC. The highest BCUT2D eigenvalue weighted by Gasteiger charge is 2.40. The second kappa shape index (κ2) is 7.23. The fraction of sp³-hybridized carbons (Fsp3) is 0.500. The number of carboxylic acid groups (broad SMARTS) is 1. The molecule has 2 aliphatic heterocycles. The van der Waals surface area contributed by atoms with Gasteiger partial charge in [0, 0.05) is 37.8 Å². The van der Waals surface area contributed by atoms with Gasteiger partial charge in [-0.25, -0.2) is 0 Å². The summed E-state index contributed by atoms with van der Waals surface area (Å²) in [6.45, 7) is 0.924. The standard InChI is InChI=1S/C18H22N2O6/c1-25-14-4-3-13(8-15(14)26-2)20-10-12(7-16(20)21)17(22)19-6-5-11(9-19)18(23)24/h3-4,8,11-12H,5-7,9-10H2,1-2H3,(H,23,24)/t11-,12+/m0/s1. The van der Waals surface area contributed by atoms with Crippen molar-refractivity contribution < 1.29 is 29.0 Å². The summed E-state index contributed by atoms with van der Waals surface area (Å²) in [6, 6.07) is 5.18. The highest BCUT2D eigenvalue weighted by molar-refractivity contribution is 6.00. The largest absolute Gasteiger partial charge is 0.493 e. The van der Waals surface area contributed by atoms with E-state index in [1.165, 1.54) is 14.2 Å². The molecule has 8 nitrogen and oxygen atoms in total. The molecule has 0 saturated carbocycles. The number of carboxylic acids is 1. The Morgan fingerprint density at radius 3 is 2.46 bits per heavy atom. The van der Waals surface area contributed by atoms with Crippen LogP contribution in [0.2, 0.25) is 0 Å². The Hall–Kier alpha value is -2.77. The number of rotatable bonds is 5. The van der Waals surface area contributed by atoms with Crippen molar-refractivity contribution in [1.82, 2.24) is 4.90 Å². The zero-order valence-corrected chi connectivity index (χ0v) is 14.8. The van der Waals surface area contributed by atoms with Crippen LogP contribution >= 0.6 is 0 Å². The first kappa shape index (κ1) is 18.0. The number of methoxy groups -OCH3 is 2. The van der Waals surface area contributed by atoms with Gasteiger partial charge in [0.05, 0.1) is 26.1 Å². The van der Waals surface area contributed by atoms with Crippen molar-refractivity contribution in [1.29, 1.82) is 0 Å². The lowest BCUT2D eigenvalue weighted by Crippen LogP contribution is -2.36. The van der Waals surface area contributed by atoms with Crippen LogP contribution in [-0.4, -0.2) is 61.6 Å². The van der Waals surface area contributed by atoms with Gasteiger partial charge in [-0.1, -0.05) is 0 Å². The number of carbonyl (C=O) groups is 3. The van der Waals surface area contributed by atoms with Crippen molar-refractivity contribution in [2.24, 2.45) is 11.8 Å². The molecule has 2 aliphatic rings. The van der Waals surface area contributed by atoms with Crippen molar-refractivity contribution in [3.63, 3.8) is 0 Å². The van der Waals surface area contributed by atoms with Crippen molar-refractivity contribution in [2.45, 2.75) is 12.8 Å². The molecule has 0 spiro atoms. The molecule has 26 heavy (non-hydrogen) atoms. The van der Waals surface area contributed by atoms with Gasteiger partial charge in [0.25, 0.3) is 0 Å². The van der Waals surface area contributed by atoms with Crippen LogP contribution in [0.4, 0.5) is 5.69 Å². The number of amides is 2. The Labute approximate surface area is 151 Å². The quantitative estimate of drug-likeness (QED) is 0.839. The maximum atomic E-state index is 12.7. The van der Waals surface area contributed by atoms with Gasteiger partial charge >= 0.3 is 5.97 Å². The van der Waals surface area contributed by atoms with E-state index in [0.29, 0.717) is 30.2 Å². The minimum absolute atomic E-state index is 0.126. The smallest absolute Gasteiger partial charge is 0.308 e. The summed E-state index contributed by atoms with van der Waals surface area (Å²) < 4.78 is 10.5. The highest BCUT2D eigenvalue weighted by atomic mass is 16.5. The molecule has 1 aromatic carbocycles. The molecule has 8 heteroatoms. The lowest BCUT2D eigenvalue weighted by molar-refractivity contribution is -0.141. The third-order valence-electron chi connectivity index (χ3n) is 5.00. The number of likely N-dealkylation sites (tertiary alicyclic amines) is 1. The van der Waals surface area contributed by atoms with Crippen molar-refractivity contribution in [2.75, 3.05) is 38.8 Å². The average molecular weight is 362 g/mol. The second-order valence-electron chi connectivity index (χ2n) is 6.55. The summed E-state index contributed by atoms with van der Waals surface area (Å²) in [7, 11) is 3.06. The van der Waals surface area contributed by atoms with E-state index in [-0.39, 0.29) is 31.3 Å². The normalized spacial score (nSPS) is 22.6. The highest BCUT2D eigenvalue weighted by Crippen LogP contribution is 2.34. The fourth-order valence-electron chi connectivity index (χ4n) is 3.54. The van der Waals surface area contributed by atoms with Crippen LogP contribution in [0.3, 0.4) is 0 Å². The second-order valence-corrected chi connectivity index (χ2v) is 6.55. The van der Waals surface area contributed by atoms with Gasteiger partial charge in [-0.15, -0.1) is 0 Å². The van der Waals surface area contributed by atoms with Gasteiger partial charge in [0.1, 0.15) is 0 Å². The third kappa shape index (κ3) is 3.31. The lowest BCUT2D eigenvalue weighted by Gasteiger charge is -2.21. The average Bonchev–Trinajstić information content (AvgIpc) is 3.27. The van der Waals surface area contributed by atoms with Crippen LogP contribution in [0.15, 0.2) is 18.2 Å². The zero-order chi connectivity index (χ0) is 18.8. The van der Waals surface area contributed by atoms with E-state index >= 15 is 0 Å². The van der Waals surface area contributed by atoms with Gasteiger partial charge in [-0.3, -0.25) is 14.4 Å². The molecule has 0 aliphatic carbocycles. The topological polar surface area (TPSA) is 96.4 Å². The number of aliphatic carboxylic acids is 1. The first-order valence-corrected chi connectivity index (χ1v) is 8.48. The van der Waals surface area contributed by atoms with E-state index in [9.17, 15) is 14.4 Å². The summed E-state index contributed by atoms with van der Waals surface area (Å²) >= 11 is 0. The fourth-order valence-corrected chi connectivity index (χ4v) is 3.54. The molecule has 2 fully saturated rings. The van der Waals surface area contributed by atoms with Gasteiger partial charge in [0.15, 0.2) is 11.5 Å². The van der Waals surface area contributed by atoms with Gasteiger partial charge in [-0.2, -0.15) is 0 Å². The summed E-state index contributed by atoms with van der Waals surface area (Å²) in [5.41, 5.74) is 0.646. The number of hydrogen-bond donors (Lipinski definition) is 1. The Morgan fingerprint density at radius 2 is 1.85 bits per heavy atom. The molecule has 2 heterocycles. The summed E-state index contributed by atoms with van der Waals surface area (Å²) in [6.07, 6.45) is 0.586. The zero-order valence-electron chi connectivity index (χ0n) is 14.8. The van der Waals surface area contributed by atoms with E-state index in [2.05, 4.69) is 0 Å². The number of nitrogens with zero attached hydrogens (tertiary/aromatic N) is 2. The molecule has 0 bridgehead atoms. The first-order valence-electron chi connectivity index (χ1n) is 8.48. The number of anilines is 1. The van der Waals surface area contributed by atoms with Crippen LogP contribution in [0.5, 0.6) is 11.5 Å². The predicted octanol–water partition coefficient (Wildman–Crippen LogP) is 0.990. The molecule has 0 aromatic heterocycles. The molecule has 1 N–H and O–H groups in total. The summed E-state index contributed by atoms with van der Waals surface area (Å²) in [4.78, 5) is 39.3. The third-order valence-corrected chi connectivity index (χ3v) is 5.00. The maximum absolute atomic E-state index is 12.7. The number of hydrogen-bond acceptors (Lipinski definition) is 5. The Balaban J connectivity index is 1.71. The predicted molar refractivity (Wildman–Crippen MR) is 92.3 cm³/mol. The minimum atomic E-state index is -0.880. The van der Waals surface area contributed by atoms with Gasteiger partial charge < -0.3 is 24.4 Å². The van der Waals surface area contributed by atoms with Crippen molar-refractivity contribution in [3.05, 3.63) is 18.2 Å². The number of carbonyl (C=O) groups excluding carboxylic acids is 2. The molecular weight excluding hydrogens is 340 g/mol. The molecule has 0 radical (unpaired) electrons. The number of ether oxygens (including phenoxy) is 2. The van der Waals surface area contributed by atoms with E-state index in [4.69, 9.17) is 14.6 Å². The van der Waals surface area contributed by atoms with Crippen molar-refractivity contribution >= 4 is 23.5 Å². The van der Waals surface area contributed by atoms with Crippen LogP contribution in [0, 0.1) is 11.8 Å². The Kier molecular flexibility index (Phi) is 5.01. The Bertz CT molecular complexity index is 734. The molecule has 140 valence electrons. The number of benzene rings is 1. The molecule has 2 saturated heterocycles. The van der Waals surface area contributed by atoms with Crippen LogP contribution in [0.25, 0.3) is 0 Å². The summed E-state index contributed by atoms with van der Waals surface area (Å²) in [5, 5.41) is 9.08. The first-order chi connectivity index (χ1) is 12.4. The molecule has 1 aromatic rings. The van der Waals surface area contributed by atoms with Crippen LogP contribution < -0.4 is 14.4 Å². The molecule has 3 rings (SSSR count). The van der Waals surface area contributed by atoms with Crippen molar-refractivity contribution in [3.8, 4) is 11.5 Å². The molecule has 2 atom stereocenters. The van der Waals surface area contributed by atoms with Crippen LogP contribution in [-0.2, 0) is 14.4 Å². The Morgan fingerprint density at radius 1 is 1.12 bits per heavy atom. The van der Waals surface area contributed by atoms with Crippen LogP contribution in [0.1, 0.15) is 12.8 Å². The lowest BCUT2D eigenvalue weighted by atomic mass is 10.1. The van der Waals surface area contributed by atoms with E-state index in [0.717, 1.165) is 0 Å². The summed E-state index contributed by atoms with van der Waals surface area (Å²) in [5.74, 6) is -1.06. The van der Waals surface area contributed by atoms with Gasteiger partial charge in [-0.05, 0) is 18.6 Å². The minimum Gasteiger partial charge on any atom is -0.493 e. The van der Waals surface area contributed by atoms with E-state index in [1.54, 1.807) is 28.0 Å². The maximum Gasteiger partial charge on any atom is 0.308 e. The molecule has 0 unspecified atom stereocenters. The van der Waals surface area contributed by atoms with Gasteiger partial charge in [0.2, 0.25) is 11.8 Å². The molecular formula is C18H22N2O6. The van der Waals surface area contributed by atoms with E-state index < -0.39 is 17.8 Å². The molecule has 2 amide bonds. The van der Waals surface area contributed by atoms with E-state index in [1.807, 2.05) is 0 Å². The monoisotopic (exact) mass is 362 g/mol.